The first-order chi connectivity index (χ1) is 6.31. The molecule has 3 nitrogen and oxygen atoms in total. The molecule has 2 heterocycles. The Labute approximate surface area is 83.2 Å². The van der Waals surface area contributed by atoms with Crippen LogP contribution in [-0.2, 0) is 0 Å². The zero-order valence-electron chi connectivity index (χ0n) is 7.39. The Balaban J connectivity index is 2.04. The summed E-state index contributed by atoms with van der Waals surface area (Å²) in [6, 6.07) is 0.240. The molecule has 0 aromatic carbocycles. The largest absolute Gasteiger partial charge is 0.368 e. The van der Waals surface area contributed by atoms with Crippen molar-refractivity contribution in [2.75, 3.05) is 19.6 Å². The number of allylic oxidation sites excluding steroid dienone is 2. The first-order valence-electron chi connectivity index (χ1n) is 4.56. The van der Waals surface area contributed by atoms with E-state index in [-0.39, 0.29) is 6.04 Å². The number of nitrogens with one attached hydrogen (secondary N) is 3. The molecule has 2 aliphatic heterocycles. The molecule has 1 fully saturated rings. The SMILES string of the molecule is ClC1(C2CNCCN2)C=CC=CN1. The van der Waals surface area contributed by atoms with Crippen molar-refractivity contribution in [3.63, 3.8) is 0 Å². The number of dihydropyridines is 1. The van der Waals surface area contributed by atoms with Crippen molar-refractivity contribution < 1.29 is 0 Å². The van der Waals surface area contributed by atoms with Gasteiger partial charge in [-0.25, -0.2) is 0 Å². The Kier molecular flexibility index (Phi) is 2.58. The Bertz CT molecular complexity index is 233. The van der Waals surface area contributed by atoms with Crippen molar-refractivity contribution in [3.05, 3.63) is 24.4 Å². The number of hydrogen-bond donors (Lipinski definition) is 3. The van der Waals surface area contributed by atoms with E-state index in [0.29, 0.717) is 0 Å². The van der Waals surface area contributed by atoms with Gasteiger partial charge in [0.15, 0.2) is 0 Å². The quantitative estimate of drug-likeness (QED) is 0.416. The van der Waals surface area contributed by atoms with Crippen LogP contribution < -0.4 is 16.0 Å². The van der Waals surface area contributed by atoms with Crippen LogP contribution in [0.1, 0.15) is 0 Å². The minimum absolute atomic E-state index is 0.240. The van der Waals surface area contributed by atoms with Gasteiger partial charge in [0.25, 0.3) is 0 Å². The van der Waals surface area contributed by atoms with E-state index in [1.54, 1.807) is 0 Å². The highest BCUT2D eigenvalue weighted by Gasteiger charge is 2.34. The molecule has 0 amide bonds. The fourth-order valence-corrected chi connectivity index (χ4v) is 1.93. The molecule has 0 spiro atoms. The van der Waals surface area contributed by atoms with Crippen LogP contribution in [-0.4, -0.2) is 30.7 Å². The third-order valence-electron chi connectivity index (χ3n) is 2.40. The van der Waals surface area contributed by atoms with E-state index >= 15 is 0 Å². The van der Waals surface area contributed by atoms with Crippen LogP contribution in [0.5, 0.6) is 0 Å². The van der Waals surface area contributed by atoms with Crippen LogP contribution >= 0.6 is 11.6 Å². The zero-order valence-corrected chi connectivity index (χ0v) is 8.14. The number of rotatable bonds is 1. The second-order valence-electron chi connectivity index (χ2n) is 3.34. The van der Waals surface area contributed by atoms with E-state index in [1.807, 2.05) is 24.4 Å². The Hall–Kier alpha value is -0.510. The molecule has 2 aliphatic rings. The first-order valence-corrected chi connectivity index (χ1v) is 4.94. The molecule has 0 saturated carbocycles. The predicted octanol–water partition coefficient (Wildman–Crippen LogP) is 0.156. The fourth-order valence-electron chi connectivity index (χ4n) is 1.64. The summed E-state index contributed by atoms with van der Waals surface area (Å²) in [5.41, 5.74) is 0. The van der Waals surface area contributed by atoms with Gasteiger partial charge >= 0.3 is 0 Å². The molecule has 0 aromatic heterocycles. The second-order valence-corrected chi connectivity index (χ2v) is 3.97. The summed E-state index contributed by atoms with van der Waals surface area (Å²) in [5.74, 6) is 0. The van der Waals surface area contributed by atoms with Crippen LogP contribution in [0.4, 0.5) is 0 Å². The Morgan fingerprint density at radius 1 is 1.31 bits per heavy atom. The summed E-state index contributed by atoms with van der Waals surface area (Å²) in [4.78, 5) is -0.470. The summed E-state index contributed by atoms with van der Waals surface area (Å²) in [6.07, 6.45) is 7.78. The van der Waals surface area contributed by atoms with Gasteiger partial charge in [-0.1, -0.05) is 17.7 Å². The Morgan fingerprint density at radius 2 is 2.23 bits per heavy atom. The molecule has 2 atom stereocenters. The van der Waals surface area contributed by atoms with E-state index < -0.39 is 5.00 Å². The molecular formula is C9H14ClN3. The molecule has 13 heavy (non-hydrogen) atoms. The monoisotopic (exact) mass is 199 g/mol. The average Bonchev–Trinajstić information content (AvgIpc) is 2.20. The van der Waals surface area contributed by atoms with Crippen molar-refractivity contribution in [1.29, 1.82) is 0 Å². The molecular weight excluding hydrogens is 186 g/mol. The summed E-state index contributed by atoms with van der Waals surface area (Å²) >= 11 is 6.40. The molecule has 4 heteroatoms. The van der Waals surface area contributed by atoms with Crippen LogP contribution in [0.15, 0.2) is 24.4 Å². The van der Waals surface area contributed by atoms with Gasteiger partial charge in [-0.15, -0.1) is 0 Å². The van der Waals surface area contributed by atoms with Crippen molar-refractivity contribution >= 4 is 11.6 Å². The maximum Gasteiger partial charge on any atom is 0.147 e. The average molecular weight is 200 g/mol. The van der Waals surface area contributed by atoms with Gasteiger partial charge in [-0.3, -0.25) is 0 Å². The van der Waals surface area contributed by atoms with Gasteiger partial charge in [0, 0.05) is 19.6 Å². The lowest BCUT2D eigenvalue weighted by Gasteiger charge is -2.37. The van der Waals surface area contributed by atoms with Crippen LogP contribution in [0, 0.1) is 0 Å². The third kappa shape index (κ3) is 1.88. The predicted molar refractivity (Wildman–Crippen MR) is 54.7 cm³/mol. The summed E-state index contributed by atoms with van der Waals surface area (Å²) < 4.78 is 0. The lowest BCUT2D eigenvalue weighted by molar-refractivity contribution is 0.347. The van der Waals surface area contributed by atoms with Crippen LogP contribution in [0.25, 0.3) is 0 Å². The Morgan fingerprint density at radius 3 is 2.85 bits per heavy atom. The zero-order chi connectivity index (χ0) is 9.15. The number of halogens is 1. The molecule has 0 radical (unpaired) electrons. The number of hydrogen-bond acceptors (Lipinski definition) is 3. The summed E-state index contributed by atoms with van der Waals surface area (Å²) in [5, 5.41) is 9.86. The van der Waals surface area contributed by atoms with Gasteiger partial charge in [-0.2, -0.15) is 0 Å². The van der Waals surface area contributed by atoms with Gasteiger partial charge in [0.05, 0.1) is 6.04 Å². The van der Waals surface area contributed by atoms with E-state index in [9.17, 15) is 0 Å². The van der Waals surface area contributed by atoms with E-state index in [1.165, 1.54) is 0 Å². The number of alkyl halides is 1. The smallest absolute Gasteiger partial charge is 0.147 e. The van der Waals surface area contributed by atoms with E-state index in [0.717, 1.165) is 19.6 Å². The molecule has 0 aliphatic carbocycles. The summed E-state index contributed by atoms with van der Waals surface area (Å²) in [7, 11) is 0. The van der Waals surface area contributed by atoms with Gasteiger partial charge in [0.1, 0.15) is 5.00 Å². The van der Waals surface area contributed by atoms with Crippen molar-refractivity contribution in [2.24, 2.45) is 0 Å². The van der Waals surface area contributed by atoms with Gasteiger partial charge in [0.2, 0.25) is 0 Å². The molecule has 72 valence electrons. The molecule has 2 rings (SSSR count). The van der Waals surface area contributed by atoms with Crippen molar-refractivity contribution in [1.82, 2.24) is 16.0 Å². The van der Waals surface area contributed by atoms with Crippen molar-refractivity contribution in [3.8, 4) is 0 Å². The third-order valence-corrected chi connectivity index (χ3v) is 2.90. The van der Waals surface area contributed by atoms with Gasteiger partial charge in [-0.05, 0) is 18.4 Å². The van der Waals surface area contributed by atoms with Crippen molar-refractivity contribution in [2.45, 2.75) is 11.0 Å². The fraction of sp³-hybridized carbons (Fsp3) is 0.556. The molecule has 1 saturated heterocycles. The maximum atomic E-state index is 6.40. The minimum Gasteiger partial charge on any atom is -0.368 e. The molecule has 3 N–H and O–H groups in total. The second kappa shape index (κ2) is 3.70. The molecule has 2 unspecified atom stereocenters. The highest BCUT2D eigenvalue weighted by Crippen LogP contribution is 2.21. The highest BCUT2D eigenvalue weighted by molar-refractivity contribution is 6.25. The van der Waals surface area contributed by atoms with E-state index in [2.05, 4.69) is 16.0 Å². The summed E-state index contributed by atoms with van der Waals surface area (Å²) in [6.45, 7) is 2.88. The van der Waals surface area contributed by atoms with Crippen LogP contribution in [0.3, 0.4) is 0 Å². The molecule has 0 aromatic rings. The minimum atomic E-state index is -0.470. The molecule has 0 bridgehead atoms. The van der Waals surface area contributed by atoms with Gasteiger partial charge < -0.3 is 16.0 Å². The lowest BCUT2D eigenvalue weighted by atomic mass is 10.0. The first kappa shape index (κ1) is 9.06. The van der Waals surface area contributed by atoms with Crippen LogP contribution in [0.2, 0.25) is 0 Å². The highest BCUT2D eigenvalue weighted by atomic mass is 35.5. The lowest BCUT2D eigenvalue weighted by Crippen LogP contribution is -2.62. The number of piperazine rings is 1. The van der Waals surface area contributed by atoms with E-state index in [4.69, 9.17) is 11.6 Å². The normalized spacial score (nSPS) is 38.7. The standard InChI is InChI=1S/C9H14ClN3/c10-9(3-1-2-4-13-9)8-7-11-5-6-12-8/h1-4,8,11-13H,5-7H2. The topological polar surface area (TPSA) is 36.1 Å². The maximum absolute atomic E-state index is 6.40.